The summed E-state index contributed by atoms with van der Waals surface area (Å²) in [6.07, 6.45) is 4.62. The van der Waals surface area contributed by atoms with Crippen molar-refractivity contribution in [2.75, 3.05) is 25.0 Å². The van der Waals surface area contributed by atoms with Gasteiger partial charge in [0.15, 0.2) is 0 Å². The Labute approximate surface area is 102 Å². The minimum Gasteiger partial charge on any atom is -0.369 e. The van der Waals surface area contributed by atoms with Crippen LogP contribution < -0.4 is 5.32 Å². The van der Waals surface area contributed by atoms with E-state index in [9.17, 15) is 4.79 Å². The number of carbonyl (C=O) groups is 1. The summed E-state index contributed by atoms with van der Waals surface area (Å²) in [5.74, 6) is 1.13. The molecule has 1 aliphatic heterocycles. The third kappa shape index (κ3) is 3.19. The highest BCUT2D eigenvalue weighted by atomic mass is 16.2. The lowest BCUT2D eigenvalue weighted by Gasteiger charge is -2.15. The number of nitrogens with one attached hydrogen (secondary N) is 1. The predicted molar refractivity (Wildman–Crippen MR) is 67.9 cm³/mol. The number of aryl methyl sites for hydroxylation is 1. The summed E-state index contributed by atoms with van der Waals surface area (Å²) < 4.78 is 0. The molecule has 1 aliphatic rings. The van der Waals surface area contributed by atoms with Gasteiger partial charge in [0, 0.05) is 32.3 Å². The molecule has 0 bridgehead atoms. The van der Waals surface area contributed by atoms with Crippen LogP contribution in [0.25, 0.3) is 0 Å². The number of hydrogen-bond acceptors (Lipinski definition) is 3. The van der Waals surface area contributed by atoms with Crippen molar-refractivity contribution in [3.8, 4) is 0 Å². The zero-order valence-corrected chi connectivity index (χ0v) is 10.3. The second-order valence-corrected chi connectivity index (χ2v) is 4.43. The Hall–Kier alpha value is -1.58. The molecule has 1 fully saturated rings. The molecule has 0 spiro atoms. The van der Waals surface area contributed by atoms with Gasteiger partial charge in [-0.1, -0.05) is 6.07 Å². The van der Waals surface area contributed by atoms with E-state index in [1.807, 2.05) is 24.0 Å². The molecular weight excluding hydrogens is 214 g/mol. The monoisotopic (exact) mass is 233 g/mol. The van der Waals surface area contributed by atoms with Gasteiger partial charge in [-0.25, -0.2) is 4.98 Å². The van der Waals surface area contributed by atoms with Crippen molar-refractivity contribution in [3.05, 3.63) is 23.9 Å². The van der Waals surface area contributed by atoms with Gasteiger partial charge in [-0.2, -0.15) is 0 Å². The number of anilines is 1. The molecule has 1 saturated heterocycles. The fourth-order valence-corrected chi connectivity index (χ4v) is 2.08. The van der Waals surface area contributed by atoms with E-state index in [0.29, 0.717) is 13.0 Å². The van der Waals surface area contributed by atoms with E-state index in [1.165, 1.54) is 0 Å². The molecule has 1 aromatic heterocycles. The quantitative estimate of drug-likeness (QED) is 0.862. The van der Waals surface area contributed by atoms with E-state index >= 15 is 0 Å². The van der Waals surface area contributed by atoms with Crippen LogP contribution in [0.15, 0.2) is 18.3 Å². The van der Waals surface area contributed by atoms with E-state index in [-0.39, 0.29) is 5.91 Å². The van der Waals surface area contributed by atoms with Crippen molar-refractivity contribution >= 4 is 11.7 Å². The van der Waals surface area contributed by atoms with E-state index in [0.717, 1.165) is 37.3 Å². The molecule has 1 aromatic rings. The number of hydrogen-bond donors (Lipinski definition) is 1. The number of aromatic nitrogens is 1. The van der Waals surface area contributed by atoms with E-state index in [4.69, 9.17) is 0 Å². The van der Waals surface area contributed by atoms with Crippen LogP contribution in [0.2, 0.25) is 0 Å². The zero-order valence-electron chi connectivity index (χ0n) is 10.3. The Morgan fingerprint density at radius 2 is 2.24 bits per heavy atom. The first kappa shape index (κ1) is 11.9. The number of rotatable bonds is 4. The lowest BCUT2D eigenvalue weighted by Crippen LogP contribution is -2.29. The van der Waals surface area contributed by atoms with E-state index in [2.05, 4.69) is 10.3 Å². The van der Waals surface area contributed by atoms with Crippen LogP contribution in [0.4, 0.5) is 5.82 Å². The van der Waals surface area contributed by atoms with Crippen molar-refractivity contribution in [2.24, 2.45) is 0 Å². The van der Waals surface area contributed by atoms with Crippen LogP contribution in [-0.4, -0.2) is 35.4 Å². The molecule has 1 N–H and O–H groups in total. The van der Waals surface area contributed by atoms with Crippen LogP contribution in [0.1, 0.15) is 24.8 Å². The zero-order chi connectivity index (χ0) is 12.1. The molecule has 2 heterocycles. The molecule has 1 amide bonds. The maximum atomic E-state index is 11.8. The Morgan fingerprint density at radius 1 is 1.47 bits per heavy atom. The maximum absolute atomic E-state index is 11.8. The summed E-state index contributed by atoms with van der Waals surface area (Å²) in [7, 11) is 0. The molecular formula is C13H19N3O. The number of amides is 1. The summed E-state index contributed by atoms with van der Waals surface area (Å²) in [6.45, 7) is 4.54. The molecule has 4 nitrogen and oxygen atoms in total. The lowest BCUT2D eigenvalue weighted by molar-refractivity contribution is -0.129. The average Bonchev–Trinajstić information content (AvgIpc) is 2.85. The summed E-state index contributed by atoms with van der Waals surface area (Å²) in [5.41, 5.74) is 1.11. The molecule has 92 valence electrons. The van der Waals surface area contributed by atoms with Crippen LogP contribution in [0, 0.1) is 6.92 Å². The molecule has 2 rings (SSSR count). The summed E-state index contributed by atoms with van der Waals surface area (Å²) >= 11 is 0. The largest absolute Gasteiger partial charge is 0.369 e. The molecule has 0 atom stereocenters. The standard InChI is InChI=1S/C13H19N3O/c1-11-5-4-7-14-13(11)15-8-6-12(17)16-9-2-3-10-16/h4-5,7H,2-3,6,8-10H2,1H3,(H,14,15). The fraction of sp³-hybridized carbons (Fsp3) is 0.538. The molecule has 0 unspecified atom stereocenters. The normalized spacial score (nSPS) is 15.0. The molecule has 0 saturated carbocycles. The Balaban J connectivity index is 1.76. The molecule has 0 aromatic carbocycles. The van der Waals surface area contributed by atoms with Gasteiger partial charge in [0.1, 0.15) is 5.82 Å². The third-order valence-electron chi connectivity index (χ3n) is 3.10. The number of carbonyl (C=O) groups excluding carboxylic acids is 1. The van der Waals surface area contributed by atoms with Gasteiger partial charge in [-0.05, 0) is 31.4 Å². The van der Waals surface area contributed by atoms with Gasteiger partial charge in [-0.3, -0.25) is 4.79 Å². The topological polar surface area (TPSA) is 45.2 Å². The molecule has 0 aliphatic carbocycles. The minimum absolute atomic E-state index is 0.253. The van der Waals surface area contributed by atoms with Crippen molar-refractivity contribution in [2.45, 2.75) is 26.2 Å². The Bertz CT molecular complexity index is 386. The first-order chi connectivity index (χ1) is 8.27. The predicted octanol–water partition coefficient (Wildman–Crippen LogP) is 1.81. The maximum Gasteiger partial charge on any atom is 0.224 e. The number of nitrogens with zero attached hydrogens (tertiary/aromatic N) is 2. The van der Waals surface area contributed by atoms with Gasteiger partial charge >= 0.3 is 0 Å². The van der Waals surface area contributed by atoms with Crippen molar-refractivity contribution in [3.63, 3.8) is 0 Å². The highest BCUT2D eigenvalue weighted by Crippen LogP contribution is 2.11. The van der Waals surface area contributed by atoms with E-state index < -0.39 is 0 Å². The van der Waals surface area contributed by atoms with Crippen LogP contribution in [0.5, 0.6) is 0 Å². The van der Waals surface area contributed by atoms with Crippen molar-refractivity contribution < 1.29 is 4.79 Å². The van der Waals surface area contributed by atoms with Crippen LogP contribution >= 0.6 is 0 Å². The van der Waals surface area contributed by atoms with Gasteiger partial charge in [0.05, 0.1) is 0 Å². The summed E-state index contributed by atoms with van der Waals surface area (Å²) in [6, 6.07) is 3.92. The molecule has 17 heavy (non-hydrogen) atoms. The van der Waals surface area contributed by atoms with Crippen molar-refractivity contribution in [1.82, 2.24) is 9.88 Å². The molecule has 0 radical (unpaired) electrons. The van der Waals surface area contributed by atoms with Crippen LogP contribution in [0.3, 0.4) is 0 Å². The van der Waals surface area contributed by atoms with Gasteiger partial charge < -0.3 is 10.2 Å². The number of likely N-dealkylation sites (tertiary alicyclic amines) is 1. The Morgan fingerprint density at radius 3 is 2.94 bits per heavy atom. The second kappa shape index (κ2) is 5.66. The second-order valence-electron chi connectivity index (χ2n) is 4.43. The van der Waals surface area contributed by atoms with E-state index in [1.54, 1.807) is 6.20 Å². The third-order valence-corrected chi connectivity index (χ3v) is 3.10. The van der Waals surface area contributed by atoms with Crippen molar-refractivity contribution in [1.29, 1.82) is 0 Å². The first-order valence-electron chi connectivity index (χ1n) is 6.20. The fourth-order valence-electron chi connectivity index (χ4n) is 2.08. The van der Waals surface area contributed by atoms with Crippen LogP contribution in [-0.2, 0) is 4.79 Å². The smallest absolute Gasteiger partial charge is 0.224 e. The lowest BCUT2D eigenvalue weighted by atomic mass is 10.3. The minimum atomic E-state index is 0.253. The highest BCUT2D eigenvalue weighted by Gasteiger charge is 2.16. The van der Waals surface area contributed by atoms with Gasteiger partial charge in [0.25, 0.3) is 0 Å². The Kier molecular flexibility index (Phi) is 3.96. The average molecular weight is 233 g/mol. The number of pyridine rings is 1. The van der Waals surface area contributed by atoms with Gasteiger partial charge in [0.2, 0.25) is 5.91 Å². The highest BCUT2D eigenvalue weighted by molar-refractivity contribution is 5.76. The molecule has 4 heteroatoms. The summed E-state index contributed by atoms with van der Waals surface area (Å²) in [4.78, 5) is 18.0. The first-order valence-corrected chi connectivity index (χ1v) is 6.20. The summed E-state index contributed by atoms with van der Waals surface area (Å²) in [5, 5.41) is 3.21. The van der Waals surface area contributed by atoms with Gasteiger partial charge in [-0.15, -0.1) is 0 Å². The SMILES string of the molecule is Cc1cccnc1NCCC(=O)N1CCCC1.